The normalized spacial score (nSPS) is 10.7. The van der Waals surface area contributed by atoms with Gasteiger partial charge >= 0.3 is 0 Å². The van der Waals surface area contributed by atoms with Gasteiger partial charge in [0.2, 0.25) is 5.91 Å². The summed E-state index contributed by atoms with van der Waals surface area (Å²) in [6.45, 7) is 1.87. The number of benzene rings is 2. The number of anilines is 1. The quantitative estimate of drug-likeness (QED) is 0.697. The van der Waals surface area contributed by atoms with E-state index in [9.17, 15) is 9.18 Å². The van der Waals surface area contributed by atoms with Gasteiger partial charge in [-0.1, -0.05) is 23.7 Å². The van der Waals surface area contributed by atoms with Crippen LogP contribution < -0.4 is 5.32 Å². The van der Waals surface area contributed by atoms with Crippen LogP contribution in [-0.4, -0.2) is 10.9 Å². The summed E-state index contributed by atoms with van der Waals surface area (Å²) in [5, 5.41) is 3.45. The van der Waals surface area contributed by atoms with Crippen LogP contribution in [0, 0.1) is 12.7 Å². The monoisotopic (exact) mass is 358 g/mol. The summed E-state index contributed by atoms with van der Waals surface area (Å²) in [5.74, 6) is 0.209. The minimum absolute atomic E-state index is 0.156. The van der Waals surface area contributed by atoms with Crippen LogP contribution in [0.2, 0.25) is 5.02 Å². The van der Waals surface area contributed by atoms with E-state index in [1.807, 2.05) is 6.92 Å². The van der Waals surface area contributed by atoms with Gasteiger partial charge in [0.1, 0.15) is 5.82 Å². The maximum absolute atomic E-state index is 13.7. The van der Waals surface area contributed by atoms with Crippen molar-refractivity contribution in [1.29, 1.82) is 0 Å². The smallest absolute Gasteiger partial charge is 0.224 e. The standard InChI is InChI=1S/C19H16ClFN2O2/c1-12-10-13(20)6-7-16(12)23-18(24)8-9-19-22-11-17(25-19)14-4-2-3-5-15(14)21/h2-7,10-11H,8-9H2,1H3,(H,23,24). The minimum atomic E-state index is -0.374. The number of carbonyl (C=O) groups excluding carboxylic acids is 1. The average molecular weight is 359 g/mol. The molecule has 1 aromatic heterocycles. The van der Waals surface area contributed by atoms with Crippen LogP contribution in [0.25, 0.3) is 11.3 Å². The zero-order valence-corrected chi connectivity index (χ0v) is 14.3. The van der Waals surface area contributed by atoms with Crippen molar-refractivity contribution in [1.82, 2.24) is 4.98 Å². The molecule has 0 saturated heterocycles. The SMILES string of the molecule is Cc1cc(Cl)ccc1NC(=O)CCc1ncc(-c2ccccc2F)o1. The number of hydrogen-bond acceptors (Lipinski definition) is 3. The lowest BCUT2D eigenvalue weighted by Crippen LogP contribution is -2.13. The Bertz CT molecular complexity index is 908. The molecule has 128 valence electrons. The Balaban J connectivity index is 1.60. The fourth-order valence-corrected chi connectivity index (χ4v) is 2.64. The van der Waals surface area contributed by atoms with Gasteiger partial charge in [0.25, 0.3) is 0 Å². The van der Waals surface area contributed by atoms with Crippen molar-refractivity contribution in [3.05, 3.63) is 71.0 Å². The van der Waals surface area contributed by atoms with Gasteiger partial charge < -0.3 is 9.73 Å². The zero-order valence-electron chi connectivity index (χ0n) is 13.6. The molecule has 0 fully saturated rings. The molecule has 0 aliphatic carbocycles. The molecule has 0 bridgehead atoms. The molecule has 3 rings (SSSR count). The molecule has 2 aromatic carbocycles. The number of halogens is 2. The van der Waals surface area contributed by atoms with Gasteiger partial charge in [-0.05, 0) is 42.8 Å². The highest BCUT2D eigenvalue weighted by atomic mass is 35.5. The Labute approximate surface area is 149 Å². The van der Waals surface area contributed by atoms with Crippen LogP contribution in [0.5, 0.6) is 0 Å². The molecule has 0 saturated carbocycles. The molecular formula is C19H16ClFN2O2. The Morgan fingerprint density at radius 1 is 1.28 bits per heavy atom. The van der Waals surface area contributed by atoms with Crippen molar-refractivity contribution in [2.45, 2.75) is 19.8 Å². The van der Waals surface area contributed by atoms with E-state index in [-0.39, 0.29) is 18.1 Å². The van der Waals surface area contributed by atoms with E-state index in [2.05, 4.69) is 10.3 Å². The molecule has 0 unspecified atom stereocenters. The first-order valence-corrected chi connectivity index (χ1v) is 8.16. The van der Waals surface area contributed by atoms with Crippen molar-refractivity contribution in [3.63, 3.8) is 0 Å². The average Bonchev–Trinajstić information content (AvgIpc) is 3.05. The molecule has 0 spiro atoms. The van der Waals surface area contributed by atoms with E-state index in [0.29, 0.717) is 34.3 Å². The highest BCUT2D eigenvalue weighted by Crippen LogP contribution is 2.24. The topological polar surface area (TPSA) is 55.1 Å². The van der Waals surface area contributed by atoms with Gasteiger partial charge in [-0.2, -0.15) is 0 Å². The van der Waals surface area contributed by atoms with E-state index in [1.54, 1.807) is 36.4 Å². The van der Waals surface area contributed by atoms with Crippen molar-refractivity contribution in [2.75, 3.05) is 5.32 Å². The van der Waals surface area contributed by atoms with Crippen LogP contribution in [0.1, 0.15) is 17.9 Å². The summed E-state index contributed by atoms with van der Waals surface area (Å²) in [6.07, 6.45) is 2.00. The van der Waals surface area contributed by atoms with Crippen molar-refractivity contribution in [3.8, 4) is 11.3 Å². The third kappa shape index (κ3) is 4.25. The number of amides is 1. The fourth-order valence-electron chi connectivity index (χ4n) is 2.41. The second-order valence-electron chi connectivity index (χ2n) is 5.61. The third-order valence-corrected chi connectivity index (χ3v) is 3.96. The summed E-state index contributed by atoms with van der Waals surface area (Å²) in [7, 11) is 0. The first-order chi connectivity index (χ1) is 12.0. The van der Waals surface area contributed by atoms with E-state index in [0.717, 1.165) is 5.56 Å². The molecular weight excluding hydrogens is 343 g/mol. The van der Waals surface area contributed by atoms with E-state index in [4.69, 9.17) is 16.0 Å². The molecule has 0 atom stereocenters. The number of aryl methyl sites for hydroxylation is 2. The van der Waals surface area contributed by atoms with Crippen molar-refractivity contribution in [2.24, 2.45) is 0 Å². The largest absolute Gasteiger partial charge is 0.441 e. The van der Waals surface area contributed by atoms with Gasteiger partial charge in [0.05, 0.1) is 11.8 Å². The van der Waals surface area contributed by atoms with Crippen LogP contribution in [-0.2, 0) is 11.2 Å². The summed E-state index contributed by atoms with van der Waals surface area (Å²) in [6, 6.07) is 11.6. The molecule has 1 amide bonds. The molecule has 0 aliphatic rings. The summed E-state index contributed by atoms with van der Waals surface area (Å²) in [4.78, 5) is 16.2. The Morgan fingerprint density at radius 2 is 2.08 bits per heavy atom. The van der Waals surface area contributed by atoms with Gasteiger partial charge in [0, 0.05) is 23.6 Å². The second kappa shape index (κ2) is 7.49. The molecule has 1 heterocycles. The summed E-state index contributed by atoms with van der Waals surface area (Å²) in [5.41, 5.74) is 1.95. The molecule has 3 aromatic rings. The van der Waals surface area contributed by atoms with Crippen LogP contribution in [0.4, 0.5) is 10.1 Å². The van der Waals surface area contributed by atoms with Crippen LogP contribution >= 0.6 is 11.6 Å². The number of oxazole rings is 1. The first-order valence-electron chi connectivity index (χ1n) is 7.78. The molecule has 0 aliphatic heterocycles. The Kier molecular flexibility index (Phi) is 5.14. The van der Waals surface area contributed by atoms with Gasteiger partial charge in [-0.25, -0.2) is 9.37 Å². The van der Waals surface area contributed by atoms with E-state index in [1.165, 1.54) is 12.3 Å². The lowest BCUT2D eigenvalue weighted by molar-refractivity contribution is -0.116. The van der Waals surface area contributed by atoms with Gasteiger partial charge in [-0.3, -0.25) is 4.79 Å². The highest BCUT2D eigenvalue weighted by Gasteiger charge is 2.12. The number of carbonyl (C=O) groups is 1. The Morgan fingerprint density at radius 3 is 2.84 bits per heavy atom. The number of aromatic nitrogens is 1. The minimum Gasteiger partial charge on any atom is -0.441 e. The predicted octanol–water partition coefficient (Wildman–Crippen LogP) is 5.01. The molecule has 1 N–H and O–H groups in total. The maximum atomic E-state index is 13.7. The van der Waals surface area contributed by atoms with Crippen molar-refractivity contribution >= 4 is 23.2 Å². The highest BCUT2D eigenvalue weighted by molar-refractivity contribution is 6.30. The maximum Gasteiger partial charge on any atom is 0.224 e. The molecule has 4 nitrogen and oxygen atoms in total. The predicted molar refractivity (Wildman–Crippen MR) is 95.0 cm³/mol. The van der Waals surface area contributed by atoms with E-state index < -0.39 is 0 Å². The molecule has 0 radical (unpaired) electrons. The van der Waals surface area contributed by atoms with E-state index >= 15 is 0 Å². The Hall–Kier alpha value is -2.66. The summed E-state index contributed by atoms with van der Waals surface area (Å²) < 4.78 is 19.3. The third-order valence-electron chi connectivity index (χ3n) is 3.72. The van der Waals surface area contributed by atoms with Crippen LogP contribution in [0.3, 0.4) is 0 Å². The number of nitrogens with one attached hydrogen (secondary N) is 1. The van der Waals surface area contributed by atoms with Gasteiger partial charge in [0.15, 0.2) is 11.7 Å². The van der Waals surface area contributed by atoms with Crippen molar-refractivity contribution < 1.29 is 13.6 Å². The summed E-state index contributed by atoms with van der Waals surface area (Å²) >= 11 is 5.90. The zero-order chi connectivity index (χ0) is 17.8. The second-order valence-corrected chi connectivity index (χ2v) is 6.04. The number of rotatable bonds is 5. The lowest BCUT2D eigenvalue weighted by atomic mass is 10.2. The first kappa shape index (κ1) is 17.2. The lowest BCUT2D eigenvalue weighted by Gasteiger charge is -2.08. The number of nitrogens with zero attached hydrogens (tertiary/aromatic N) is 1. The number of hydrogen-bond donors (Lipinski definition) is 1. The molecule has 6 heteroatoms. The van der Waals surface area contributed by atoms with Crippen LogP contribution in [0.15, 0.2) is 53.1 Å². The van der Waals surface area contributed by atoms with Gasteiger partial charge in [-0.15, -0.1) is 0 Å². The fraction of sp³-hybridized carbons (Fsp3) is 0.158. The molecule has 25 heavy (non-hydrogen) atoms.